The molecule has 0 aromatic rings. The largest absolute Gasteiger partial charge is 0.390 e. The summed E-state index contributed by atoms with van der Waals surface area (Å²) in [7, 11) is -2.87. The minimum absolute atomic E-state index is 0.0667. The molecule has 2 rings (SSSR count). The molecule has 0 bridgehead atoms. The first kappa shape index (κ1) is 16.1. The van der Waals surface area contributed by atoms with Crippen LogP contribution in [-0.2, 0) is 14.6 Å². The van der Waals surface area contributed by atoms with E-state index in [1.807, 2.05) is 6.92 Å². The highest BCUT2D eigenvalue weighted by Gasteiger charge is 2.30. The molecule has 116 valence electrons. The van der Waals surface area contributed by atoms with Crippen LogP contribution in [0.2, 0.25) is 0 Å². The fraction of sp³-hybridized carbons (Fsp3) is 0.923. The molecular formula is C13H23NO4S2. The van der Waals surface area contributed by atoms with E-state index in [2.05, 4.69) is 0 Å². The van der Waals surface area contributed by atoms with Gasteiger partial charge in [-0.1, -0.05) is 0 Å². The lowest BCUT2D eigenvalue weighted by molar-refractivity contribution is -0.128. The molecule has 1 amide bonds. The minimum Gasteiger partial charge on any atom is -0.390 e. The molecule has 20 heavy (non-hydrogen) atoms. The third-order valence-corrected chi connectivity index (χ3v) is 7.32. The molecule has 0 aromatic carbocycles. The molecule has 2 aliphatic rings. The lowest BCUT2D eigenvalue weighted by Crippen LogP contribution is -2.35. The Labute approximate surface area is 125 Å². The molecule has 5 nitrogen and oxygen atoms in total. The van der Waals surface area contributed by atoms with Crippen molar-refractivity contribution < 1.29 is 18.3 Å². The van der Waals surface area contributed by atoms with Crippen LogP contribution in [0.3, 0.4) is 0 Å². The van der Waals surface area contributed by atoms with E-state index in [9.17, 15) is 18.3 Å². The number of thioether (sulfide) groups is 1. The van der Waals surface area contributed by atoms with Crippen molar-refractivity contribution >= 4 is 27.5 Å². The van der Waals surface area contributed by atoms with Gasteiger partial charge in [-0.3, -0.25) is 4.79 Å². The normalized spacial score (nSPS) is 33.9. The first-order valence-electron chi connectivity index (χ1n) is 7.10. The predicted molar refractivity (Wildman–Crippen MR) is 80.6 cm³/mol. The Morgan fingerprint density at radius 1 is 1.40 bits per heavy atom. The molecule has 2 heterocycles. The molecule has 0 radical (unpaired) electrons. The molecule has 2 atom stereocenters. The zero-order chi connectivity index (χ0) is 14.8. The van der Waals surface area contributed by atoms with Crippen molar-refractivity contribution in [2.75, 3.05) is 30.3 Å². The SMILES string of the molecule is CC1(O)CCCN(C(=O)CSC2CCS(=O)(=O)C2)CC1. The van der Waals surface area contributed by atoms with E-state index in [4.69, 9.17) is 0 Å². The van der Waals surface area contributed by atoms with Crippen LogP contribution in [0.5, 0.6) is 0 Å². The van der Waals surface area contributed by atoms with Gasteiger partial charge in [0.05, 0.1) is 22.9 Å². The smallest absolute Gasteiger partial charge is 0.232 e. The van der Waals surface area contributed by atoms with Crippen LogP contribution in [0.1, 0.15) is 32.6 Å². The number of amides is 1. The van der Waals surface area contributed by atoms with Gasteiger partial charge in [-0.2, -0.15) is 0 Å². The second-order valence-corrected chi connectivity index (χ2v) is 9.58. The Hall–Kier alpha value is -0.270. The number of hydrogen-bond donors (Lipinski definition) is 1. The molecule has 1 N–H and O–H groups in total. The van der Waals surface area contributed by atoms with Crippen LogP contribution >= 0.6 is 11.8 Å². The van der Waals surface area contributed by atoms with Crippen LogP contribution in [0, 0.1) is 0 Å². The van der Waals surface area contributed by atoms with Gasteiger partial charge in [-0.25, -0.2) is 8.42 Å². The topological polar surface area (TPSA) is 74.7 Å². The van der Waals surface area contributed by atoms with Crippen LogP contribution in [-0.4, -0.2) is 65.5 Å². The molecule has 7 heteroatoms. The number of carbonyl (C=O) groups is 1. The van der Waals surface area contributed by atoms with Crippen molar-refractivity contribution in [1.29, 1.82) is 0 Å². The van der Waals surface area contributed by atoms with Crippen molar-refractivity contribution in [3.05, 3.63) is 0 Å². The van der Waals surface area contributed by atoms with Gasteiger partial charge in [-0.05, 0) is 32.6 Å². The van der Waals surface area contributed by atoms with E-state index in [0.29, 0.717) is 31.7 Å². The van der Waals surface area contributed by atoms with Crippen molar-refractivity contribution in [3.63, 3.8) is 0 Å². The van der Waals surface area contributed by atoms with E-state index in [-0.39, 0.29) is 22.7 Å². The summed E-state index contributed by atoms with van der Waals surface area (Å²) in [6.07, 6.45) is 2.82. The summed E-state index contributed by atoms with van der Waals surface area (Å²) >= 11 is 1.46. The Morgan fingerprint density at radius 2 is 2.15 bits per heavy atom. The van der Waals surface area contributed by atoms with Crippen molar-refractivity contribution in [1.82, 2.24) is 4.90 Å². The number of rotatable bonds is 3. The molecule has 2 fully saturated rings. The maximum absolute atomic E-state index is 12.2. The fourth-order valence-electron chi connectivity index (χ4n) is 2.69. The number of hydrogen-bond acceptors (Lipinski definition) is 5. The van der Waals surface area contributed by atoms with Crippen molar-refractivity contribution in [2.24, 2.45) is 0 Å². The van der Waals surface area contributed by atoms with Crippen molar-refractivity contribution in [3.8, 4) is 0 Å². The predicted octanol–water partition coefficient (Wildman–Crippen LogP) is 0.670. The van der Waals surface area contributed by atoms with E-state index in [1.54, 1.807) is 4.90 Å². The Kier molecular flexibility index (Phi) is 5.02. The first-order chi connectivity index (χ1) is 9.27. The lowest BCUT2D eigenvalue weighted by atomic mass is 9.98. The standard InChI is InChI=1S/C13H23NO4S2/c1-13(16)4-2-6-14(7-5-13)12(15)9-19-11-3-8-20(17,18)10-11/h11,16H,2-10H2,1H3. The number of likely N-dealkylation sites (tertiary alicyclic amines) is 1. The zero-order valence-electron chi connectivity index (χ0n) is 11.9. The number of aliphatic hydroxyl groups is 1. The molecule has 0 aliphatic carbocycles. The molecule has 2 saturated heterocycles. The Bertz CT molecular complexity index is 461. The summed E-state index contributed by atoms with van der Waals surface area (Å²) in [5.41, 5.74) is -0.665. The summed E-state index contributed by atoms with van der Waals surface area (Å²) < 4.78 is 22.7. The van der Waals surface area contributed by atoms with Gasteiger partial charge in [0.1, 0.15) is 0 Å². The average Bonchev–Trinajstić information content (AvgIpc) is 2.58. The summed E-state index contributed by atoms with van der Waals surface area (Å²) in [6.45, 7) is 3.10. The highest BCUT2D eigenvalue weighted by Crippen LogP contribution is 2.26. The fourth-order valence-corrected chi connectivity index (χ4v) is 6.23. The third-order valence-electron chi connectivity index (χ3n) is 4.05. The van der Waals surface area contributed by atoms with Crippen LogP contribution in [0.25, 0.3) is 0 Å². The summed E-state index contributed by atoms with van der Waals surface area (Å²) in [4.78, 5) is 14.0. The Balaban J connectivity index is 1.78. The van der Waals surface area contributed by atoms with Gasteiger partial charge in [0.2, 0.25) is 5.91 Å². The van der Waals surface area contributed by atoms with E-state index < -0.39 is 15.4 Å². The maximum Gasteiger partial charge on any atom is 0.232 e. The van der Waals surface area contributed by atoms with Gasteiger partial charge in [-0.15, -0.1) is 11.8 Å². The van der Waals surface area contributed by atoms with E-state index in [0.717, 1.165) is 12.8 Å². The molecule has 2 unspecified atom stereocenters. The Morgan fingerprint density at radius 3 is 2.80 bits per heavy atom. The lowest BCUT2D eigenvalue weighted by Gasteiger charge is -2.23. The summed E-state index contributed by atoms with van der Waals surface area (Å²) in [6, 6.07) is 0. The number of sulfone groups is 1. The molecule has 2 aliphatic heterocycles. The monoisotopic (exact) mass is 321 g/mol. The highest BCUT2D eigenvalue weighted by molar-refractivity contribution is 8.02. The molecule has 0 aromatic heterocycles. The van der Waals surface area contributed by atoms with Gasteiger partial charge in [0.25, 0.3) is 0 Å². The van der Waals surface area contributed by atoms with Gasteiger partial charge in [0.15, 0.2) is 9.84 Å². The zero-order valence-corrected chi connectivity index (χ0v) is 13.5. The second kappa shape index (κ2) is 6.23. The maximum atomic E-state index is 12.2. The van der Waals surface area contributed by atoms with E-state index >= 15 is 0 Å². The van der Waals surface area contributed by atoms with Gasteiger partial charge in [0, 0.05) is 18.3 Å². The third kappa shape index (κ3) is 4.63. The average molecular weight is 321 g/mol. The molecular weight excluding hydrogens is 298 g/mol. The van der Waals surface area contributed by atoms with Gasteiger partial charge < -0.3 is 10.0 Å². The summed E-state index contributed by atoms with van der Waals surface area (Å²) in [5.74, 6) is 0.880. The van der Waals surface area contributed by atoms with Crippen LogP contribution in [0.4, 0.5) is 0 Å². The van der Waals surface area contributed by atoms with Crippen molar-refractivity contribution in [2.45, 2.75) is 43.5 Å². The minimum atomic E-state index is -2.87. The first-order valence-corrected chi connectivity index (χ1v) is 9.97. The van der Waals surface area contributed by atoms with Crippen LogP contribution in [0.15, 0.2) is 0 Å². The van der Waals surface area contributed by atoms with E-state index in [1.165, 1.54) is 11.8 Å². The number of nitrogens with zero attached hydrogens (tertiary/aromatic N) is 1. The molecule has 0 saturated carbocycles. The highest BCUT2D eigenvalue weighted by atomic mass is 32.2. The van der Waals surface area contributed by atoms with Gasteiger partial charge >= 0.3 is 0 Å². The number of carbonyl (C=O) groups excluding carboxylic acids is 1. The van der Waals surface area contributed by atoms with Crippen LogP contribution < -0.4 is 0 Å². The quantitative estimate of drug-likeness (QED) is 0.827. The molecule has 0 spiro atoms. The second-order valence-electron chi connectivity index (χ2n) is 6.07. The summed E-state index contributed by atoms with van der Waals surface area (Å²) in [5, 5.41) is 10.1.